The van der Waals surface area contributed by atoms with Crippen LogP contribution in [0.2, 0.25) is 0 Å². The van der Waals surface area contributed by atoms with E-state index in [0.717, 1.165) is 5.56 Å². The predicted octanol–water partition coefficient (Wildman–Crippen LogP) is 2.57. The molecule has 2 aromatic carbocycles. The molecule has 0 spiro atoms. The van der Waals surface area contributed by atoms with Gasteiger partial charge in [-0.15, -0.1) is 0 Å². The lowest BCUT2D eigenvalue weighted by Gasteiger charge is -2.17. The van der Waals surface area contributed by atoms with Gasteiger partial charge in [0, 0.05) is 25.7 Å². The second kappa shape index (κ2) is 7.55. The first-order valence-electron chi connectivity index (χ1n) is 6.89. The molecule has 0 fully saturated rings. The quantitative estimate of drug-likeness (QED) is 0.885. The van der Waals surface area contributed by atoms with E-state index in [4.69, 9.17) is 0 Å². The average Bonchev–Trinajstić information content (AvgIpc) is 2.50. The van der Waals surface area contributed by atoms with Gasteiger partial charge in [-0.2, -0.15) is 0 Å². The maximum absolute atomic E-state index is 13.4. The lowest BCUT2D eigenvalue weighted by atomic mass is 10.2. The van der Waals surface area contributed by atoms with E-state index in [0.29, 0.717) is 18.7 Å². The third kappa shape index (κ3) is 4.68. The Morgan fingerprint density at radius 2 is 1.76 bits per heavy atom. The summed E-state index contributed by atoms with van der Waals surface area (Å²) in [6.45, 7) is 1.11. The summed E-state index contributed by atoms with van der Waals surface area (Å²) in [5.41, 5.74) is 1.65. The number of likely N-dealkylation sites (N-methyl/N-ethyl adjacent to an activating group) is 1. The number of hydrogen-bond acceptors (Lipinski definition) is 2. The van der Waals surface area contributed by atoms with Crippen molar-refractivity contribution in [2.45, 2.75) is 13.1 Å². The highest BCUT2D eigenvalue weighted by molar-refractivity contribution is 5.77. The lowest BCUT2D eigenvalue weighted by Crippen LogP contribution is -2.35. The van der Waals surface area contributed by atoms with Gasteiger partial charge in [0.15, 0.2) is 0 Å². The number of benzene rings is 2. The summed E-state index contributed by atoms with van der Waals surface area (Å²) in [4.78, 5) is 13.6. The lowest BCUT2D eigenvalue weighted by molar-refractivity contribution is -0.129. The van der Waals surface area contributed by atoms with Crippen LogP contribution in [-0.2, 0) is 17.9 Å². The van der Waals surface area contributed by atoms with Crippen molar-refractivity contribution in [3.63, 3.8) is 0 Å². The van der Waals surface area contributed by atoms with Crippen molar-refractivity contribution in [2.24, 2.45) is 0 Å². The van der Waals surface area contributed by atoms with Gasteiger partial charge in [0.2, 0.25) is 5.91 Å². The fourth-order valence-electron chi connectivity index (χ4n) is 2.03. The summed E-state index contributed by atoms with van der Waals surface area (Å²) in [7, 11) is 1.76. The van der Waals surface area contributed by atoms with Gasteiger partial charge < -0.3 is 10.2 Å². The minimum absolute atomic E-state index is 0.0183. The molecule has 1 N–H and O–H groups in total. The molecule has 3 nitrogen and oxygen atoms in total. The molecule has 0 bridgehead atoms. The molecule has 0 aliphatic carbocycles. The molecule has 0 aliphatic rings. The molecule has 0 atom stereocenters. The van der Waals surface area contributed by atoms with E-state index in [9.17, 15) is 9.18 Å². The van der Waals surface area contributed by atoms with Crippen molar-refractivity contribution in [1.82, 2.24) is 10.2 Å². The summed E-state index contributed by atoms with van der Waals surface area (Å²) in [6, 6.07) is 16.4. The molecule has 0 aliphatic heterocycles. The SMILES string of the molecule is CN(Cc1ccccc1)C(=O)CNCc1ccccc1F. The van der Waals surface area contributed by atoms with E-state index >= 15 is 0 Å². The largest absolute Gasteiger partial charge is 0.340 e. The number of carbonyl (C=O) groups excluding carboxylic acids is 1. The zero-order valence-corrected chi connectivity index (χ0v) is 12.1. The fourth-order valence-corrected chi connectivity index (χ4v) is 2.03. The summed E-state index contributed by atoms with van der Waals surface area (Å²) >= 11 is 0. The first-order valence-corrected chi connectivity index (χ1v) is 6.89. The van der Waals surface area contributed by atoms with Gasteiger partial charge in [0.25, 0.3) is 0 Å². The van der Waals surface area contributed by atoms with Gasteiger partial charge in [0.1, 0.15) is 5.82 Å². The van der Waals surface area contributed by atoms with E-state index in [1.54, 1.807) is 30.1 Å². The number of nitrogens with zero attached hydrogens (tertiary/aromatic N) is 1. The van der Waals surface area contributed by atoms with E-state index in [1.165, 1.54) is 6.07 Å². The van der Waals surface area contributed by atoms with Crippen molar-refractivity contribution in [2.75, 3.05) is 13.6 Å². The van der Waals surface area contributed by atoms with Crippen LogP contribution >= 0.6 is 0 Å². The molecular formula is C17H19FN2O. The highest BCUT2D eigenvalue weighted by Crippen LogP contribution is 2.06. The molecule has 0 unspecified atom stereocenters. The number of amides is 1. The topological polar surface area (TPSA) is 32.3 Å². The van der Waals surface area contributed by atoms with Gasteiger partial charge in [-0.3, -0.25) is 4.79 Å². The molecule has 2 rings (SSSR count). The van der Waals surface area contributed by atoms with Crippen LogP contribution in [0, 0.1) is 5.82 Å². The highest BCUT2D eigenvalue weighted by Gasteiger charge is 2.09. The zero-order valence-electron chi connectivity index (χ0n) is 12.1. The molecule has 2 aromatic rings. The van der Waals surface area contributed by atoms with Crippen molar-refractivity contribution in [3.8, 4) is 0 Å². The molecule has 0 saturated heterocycles. The number of carbonyl (C=O) groups is 1. The van der Waals surface area contributed by atoms with Gasteiger partial charge >= 0.3 is 0 Å². The van der Waals surface area contributed by atoms with E-state index in [2.05, 4.69) is 5.32 Å². The number of hydrogen-bond donors (Lipinski definition) is 1. The standard InChI is InChI=1S/C17H19FN2O/c1-20(13-14-7-3-2-4-8-14)17(21)12-19-11-15-9-5-6-10-16(15)18/h2-10,19H,11-13H2,1H3. The van der Waals surface area contributed by atoms with Crippen LogP contribution in [0.5, 0.6) is 0 Å². The Labute approximate surface area is 124 Å². The van der Waals surface area contributed by atoms with Crippen molar-refractivity contribution in [1.29, 1.82) is 0 Å². The number of nitrogens with one attached hydrogen (secondary N) is 1. The maximum Gasteiger partial charge on any atom is 0.236 e. The van der Waals surface area contributed by atoms with Crippen LogP contribution in [0.15, 0.2) is 54.6 Å². The van der Waals surface area contributed by atoms with E-state index < -0.39 is 0 Å². The Hall–Kier alpha value is -2.20. The van der Waals surface area contributed by atoms with Crippen LogP contribution in [0.4, 0.5) is 4.39 Å². The van der Waals surface area contributed by atoms with Gasteiger partial charge in [-0.25, -0.2) is 4.39 Å². The molecule has 4 heteroatoms. The van der Waals surface area contributed by atoms with Crippen molar-refractivity contribution >= 4 is 5.91 Å². The summed E-state index contributed by atoms with van der Waals surface area (Å²) in [5.74, 6) is -0.273. The normalized spacial score (nSPS) is 10.4. The van der Waals surface area contributed by atoms with Crippen molar-refractivity contribution in [3.05, 3.63) is 71.5 Å². The summed E-state index contributed by atoms with van der Waals surface area (Å²) in [6.07, 6.45) is 0. The fraction of sp³-hybridized carbons (Fsp3) is 0.235. The maximum atomic E-state index is 13.4. The Balaban J connectivity index is 1.78. The molecule has 21 heavy (non-hydrogen) atoms. The van der Waals surface area contributed by atoms with Crippen LogP contribution < -0.4 is 5.32 Å². The third-order valence-corrected chi connectivity index (χ3v) is 3.24. The molecule has 110 valence electrons. The third-order valence-electron chi connectivity index (χ3n) is 3.24. The molecule has 1 amide bonds. The minimum Gasteiger partial charge on any atom is -0.340 e. The Bertz CT molecular complexity index is 586. The monoisotopic (exact) mass is 286 g/mol. The molecule has 0 aromatic heterocycles. The van der Waals surface area contributed by atoms with E-state index in [1.807, 2.05) is 30.3 Å². The van der Waals surface area contributed by atoms with Gasteiger partial charge in [0.05, 0.1) is 6.54 Å². The van der Waals surface area contributed by atoms with Crippen molar-refractivity contribution < 1.29 is 9.18 Å². The Morgan fingerprint density at radius 3 is 2.48 bits per heavy atom. The first-order chi connectivity index (χ1) is 10.2. The molecule has 0 saturated carbocycles. The first kappa shape index (κ1) is 15.2. The van der Waals surface area contributed by atoms with Gasteiger partial charge in [-0.1, -0.05) is 48.5 Å². The highest BCUT2D eigenvalue weighted by atomic mass is 19.1. The van der Waals surface area contributed by atoms with Crippen LogP contribution in [0.3, 0.4) is 0 Å². The summed E-state index contributed by atoms with van der Waals surface area (Å²) in [5, 5.41) is 2.98. The Kier molecular flexibility index (Phi) is 5.46. The van der Waals surface area contributed by atoms with Crippen LogP contribution in [-0.4, -0.2) is 24.4 Å². The minimum atomic E-state index is -0.255. The van der Waals surface area contributed by atoms with Gasteiger partial charge in [-0.05, 0) is 11.6 Å². The molecule has 0 radical (unpaired) electrons. The second-order valence-corrected chi connectivity index (χ2v) is 4.93. The average molecular weight is 286 g/mol. The van der Waals surface area contributed by atoms with Crippen LogP contribution in [0.25, 0.3) is 0 Å². The zero-order chi connectivity index (χ0) is 15.1. The number of halogens is 1. The summed E-state index contributed by atoms with van der Waals surface area (Å²) < 4.78 is 13.4. The number of rotatable bonds is 6. The second-order valence-electron chi connectivity index (χ2n) is 4.93. The van der Waals surface area contributed by atoms with E-state index in [-0.39, 0.29) is 18.3 Å². The Morgan fingerprint density at radius 1 is 1.10 bits per heavy atom. The van der Waals surface area contributed by atoms with Crippen LogP contribution in [0.1, 0.15) is 11.1 Å². The smallest absolute Gasteiger partial charge is 0.236 e. The predicted molar refractivity (Wildman–Crippen MR) is 81.0 cm³/mol. The molecular weight excluding hydrogens is 267 g/mol. The molecule has 0 heterocycles.